The average molecular weight is 331 g/mol. The van der Waals surface area contributed by atoms with Crippen molar-refractivity contribution >= 4 is 16.9 Å². The number of rotatable bonds is 7. The minimum absolute atomic E-state index is 0.0588. The first kappa shape index (κ1) is 16.8. The Bertz CT molecular complexity index is 890. The minimum atomic E-state index is 0.0588. The van der Waals surface area contributed by atoms with Crippen molar-refractivity contribution < 1.29 is 4.79 Å². The number of imidazole rings is 1. The minimum Gasteiger partial charge on any atom is -0.356 e. The number of aryl methyl sites for hydroxylation is 1. The highest BCUT2D eigenvalue weighted by molar-refractivity contribution is 5.77. The summed E-state index contributed by atoms with van der Waals surface area (Å²) in [5.74, 6) is 3.64. The largest absolute Gasteiger partial charge is 0.356 e. The molecule has 3 aromatic rings. The van der Waals surface area contributed by atoms with Gasteiger partial charge >= 0.3 is 0 Å². The fourth-order valence-electron chi connectivity index (χ4n) is 2.89. The number of amides is 1. The summed E-state index contributed by atoms with van der Waals surface area (Å²) < 4.78 is 2.03. The smallest absolute Gasteiger partial charge is 0.220 e. The molecule has 0 saturated carbocycles. The van der Waals surface area contributed by atoms with Crippen LogP contribution < -0.4 is 5.32 Å². The second kappa shape index (κ2) is 8.16. The van der Waals surface area contributed by atoms with Crippen molar-refractivity contribution in [3.8, 4) is 12.3 Å². The maximum Gasteiger partial charge on any atom is 0.220 e. The fourth-order valence-corrected chi connectivity index (χ4v) is 2.89. The molecule has 126 valence electrons. The van der Waals surface area contributed by atoms with E-state index in [1.54, 1.807) is 0 Å². The van der Waals surface area contributed by atoms with Gasteiger partial charge in [0.1, 0.15) is 5.82 Å². The van der Waals surface area contributed by atoms with Crippen molar-refractivity contribution in [3.05, 3.63) is 66.0 Å². The number of aromatic nitrogens is 2. The van der Waals surface area contributed by atoms with Gasteiger partial charge in [0, 0.05) is 19.4 Å². The lowest BCUT2D eigenvalue weighted by Crippen LogP contribution is -2.26. The highest BCUT2D eigenvalue weighted by atomic mass is 16.1. The third kappa shape index (κ3) is 4.27. The van der Waals surface area contributed by atoms with Crippen molar-refractivity contribution in [1.82, 2.24) is 14.9 Å². The van der Waals surface area contributed by atoms with Crippen LogP contribution in [0.3, 0.4) is 0 Å². The lowest BCUT2D eigenvalue weighted by Gasteiger charge is -2.07. The van der Waals surface area contributed by atoms with E-state index in [1.807, 2.05) is 59.2 Å². The molecule has 25 heavy (non-hydrogen) atoms. The predicted molar refractivity (Wildman–Crippen MR) is 100 cm³/mol. The van der Waals surface area contributed by atoms with Gasteiger partial charge in [0.25, 0.3) is 0 Å². The van der Waals surface area contributed by atoms with Crippen LogP contribution in [0.4, 0.5) is 0 Å². The first-order valence-corrected chi connectivity index (χ1v) is 8.46. The summed E-state index contributed by atoms with van der Waals surface area (Å²) in [5.41, 5.74) is 3.14. The zero-order chi connectivity index (χ0) is 17.5. The Morgan fingerprint density at radius 1 is 1.08 bits per heavy atom. The van der Waals surface area contributed by atoms with E-state index >= 15 is 0 Å². The first-order chi connectivity index (χ1) is 12.3. The van der Waals surface area contributed by atoms with Gasteiger partial charge in [-0.2, -0.15) is 0 Å². The maximum atomic E-state index is 12.0. The van der Waals surface area contributed by atoms with Gasteiger partial charge in [-0.15, -0.1) is 6.42 Å². The summed E-state index contributed by atoms with van der Waals surface area (Å²) >= 11 is 0. The molecule has 0 bridgehead atoms. The van der Waals surface area contributed by atoms with E-state index in [4.69, 9.17) is 6.42 Å². The Morgan fingerprint density at radius 2 is 1.84 bits per heavy atom. The van der Waals surface area contributed by atoms with Crippen LogP contribution in [0, 0.1) is 12.3 Å². The normalized spacial score (nSPS) is 10.5. The summed E-state index contributed by atoms with van der Waals surface area (Å²) in [7, 11) is 0. The molecule has 0 saturated heterocycles. The number of hydrogen-bond donors (Lipinski definition) is 1. The molecule has 3 rings (SSSR count). The van der Waals surface area contributed by atoms with E-state index in [-0.39, 0.29) is 5.91 Å². The molecular weight excluding hydrogens is 310 g/mol. The number of nitrogens with zero attached hydrogens (tertiary/aromatic N) is 2. The Balaban J connectivity index is 1.55. The van der Waals surface area contributed by atoms with Crippen LogP contribution in [0.1, 0.15) is 17.8 Å². The van der Waals surface area contributed by atoms with Crippen molar-refractivity contribution in [2.24, 2.45) is 0 Å². The number of hydrogen-bond acceptors (Lipinski definition) is 2. The molecule has 0 atom stereocenters. The quantitative estimate of drug-likeness (QED) is 0.677. The van der Waals surface area contributed by atoms with Gasteiger partial charge in [0.2, 0.25) is 5.91 Å². The topological polar surface area (TPSA) is 46.9 Å². The van der Waals surface area contributed by atoms with Crippen molar-refractivity contribution in [2.45, 2.75) is 25.8 Å². The van der Waals surface area contributed by atoms with E-state index in [2.05, 4.69) is 16.2 Å². The Morgan fingerprint density at radius 3 is 2.64 bits per heavy atom. The lowest BCUT2D eigenvalue weighted by molar-refractivity contribution is -0.121. The number of fused-ring (bicyclic) bond motifs is 1. The number of terminal acetylenes is 1. The fraction of sp³-hybridized carbons (Fsp3) is 0.238. The van der Waals surface area contributed by atoms with Gasteiger partial charge in [-0.3, -0.25) is 4.79 Å². The van der Waals surface area contributed by atoms with Crippen LogP contribution in [-0.4, -0.2) is 22.0 Å². The number of para-hydroxylation sites is 2. The first-order valence-electron chi connectivity index (χ1n) is 8.46. The Hall–Kier alpha value is -3.06. The average Bonchev–Trinajstić information content (AvgIpc) is 2.99. The summed E-state index contributed by atoms with van der Waals surface area (Å²) in [6.45, 7) is 1.04. The zero-order valence-corrected chi connectivity index (χ0v) is 14.1. The van der Waals surface area contributed by atoms with Gasteiger partial charge in [-0.1, -0.05) is 48.4 Å². The van der Waals surface area contributed by atoms with Crippen LogP contribution in [0.2, 0.25) is 0 Å². The van der Waals surface area contributed by atoms with E-state index < -0.39 is 0 Å². The zero-order valence-electron chi connectivity index (χ0n) is 14.1. The second-order valence-corrected chi connectivity index (χ2v) is 5.89. The molecule has 1 aromatic heterocycles. The van der Waals surface area contributed by atoms with Gasteiger partial charge in [0.15, 0.2) is 0 Å². The van der Waals surface area contributed by atoms with Crippen LogP contribution in [0.15, 0.2) is 54.6 Å². The Labute approximate surface area is 147 Å². The van der Waals surface area contributed by atoms with E-state index in [0.717, 1.165) is 23.3 Å². The molecule has 0 spiro atoms. The summed E-state index contributed by atoms with van der Waals surface area (Å²) in [6, 6.07) is 18.0. The summed E-state index contributed by atoms with van der Waals surface area (Å²) in [6.07, 6.45) is 7.39. The van der Waals surface area contributed by atoms with Crippen LogP contribution in [-0.2, 0) is 24.2 Å². The van der Waals surface area contributed by atoms with E-state index in [9.17, 15) is 4.79 Å². The molecular formula is C21H21N3O. The van der Waals surface area contributed by atoms with Gasteiger partial charge in [-0.05, 0) is 24.1 Å². The standard InChI is InChI=1S/C21H21N3O/c1-2-16-24-19-11-7-6-10-18(19)23-20(24)14-15-22-21(25)13-12-17-8-4-3-5-9-17/h1,3-11H,12-16H2,(H,22,25). The number of benzene rings is 2. The second-order valence-electron chi connectivity index (χ2n) is 5.89. The van der Waals surface area contributed by atoms with Crippen LogP contribution in [0.5, 0.6) is 0 Å². The highest BCUT2D eigenvalue weighted by Crippen LogP contribution is 2.16. The van der Waals surface area contributed by atoms with Crippen LogP contribution >= 0.6 is 0 Å². The third-order valence-corrected chi connectivity index (χ3v) is 4.14. The third-order valence-electron chi connectivity index (χ3n) is 4.14. The molecule has 0 unspecified atom stereocenters. The SMILES string of the molecule is C#CCn1c(CCNC(=O)CCc2ccccc2)nc2ccccc21. The van der Waals surface area contributed by atoms with Gasteiger partial charge in [0.05, 0.1) is 17.6 Å². The van der Waals surface area contributed by atoms with Crippen LogP contribution in [0.25, 0.3) is 11.0 Å². The monoisotopic (exact) mass is 331 g/mol. The van der Waals surface area contributed by atoms with Crippen molar-refractivity contribution in [2.75, 3.05) is 6.54 Å². The molecule has 4 nitrogen and oxygen atoms in total. The lowest BCUT2D eigenvalue weighted by atomic mass is 10.1. The molecule has 0 aliphatic heterocycles. The molecule has 2 aromatic carbocycles. The number of nitrogens with one attached hydrogen (secondary N) is 1. The van der Waals surface area contributed by atoms with Crippen molar-refractivity contribution in [3.63, 3.8) is 0 Å². The molecule has 0 radical (unpaired) electrons. The molecule has 4 heteroatoms. The summed E-state index contributed by atoms with van der Waals surface area (Å²) in [5, 5.41) is 2.97. The molecule has 0 aliphatic carbocycles. The van der Waals surface area contributed by atoms with Gasteiger partial charge in [-0.25, -0.2) is 4.98 Å². The molecule has 1 heterocycles. The number of carbonyl (C=O) groups is 1. The molecule has 0 fully saturated rings. The number of carbonyl (C=O) groups excluding carboxylic acids is 1. The predicted octanol–water partition coefficient (Wildman–Crippen LogP) is 2.96. The maximum absolute atomic E-state index is 12.0. The Kier molecular flexibility index (Phi) is 5.48. The van der Waals surface area contributed by atoms with E-state index in [0.29, 0.717) is 25.9 Å². The van der Waals surface area contributed by atoms with E-state index in [1.165, 1.54) is 5.56 Å². The molecule has 1 amide bonds. The van der Waals surface area contributed by atoms with Gasteiger partial charge < -0.3 is 9.88 Å². The summed E-state index contributed by atoms with van der Waals surface area (Å²) in [4.78, 5) is 16.7. The van der Waals surface area contributed by atoms with Crippen molar-refractivity contribution in [1.29, 1.82) is 0 Å². The highest BCUT2D eigenvalue weighted by Gasteiger charge is 2.10. The molecule has 0 aliphatic rings. The molecule has 1 N–H and O–H groups in total.